The fraction of sp³-hybridized carbons (Fsp3) is 0.318. The summed E-state index contributed by atoms with van der Waals surface area (Å²) in [5.74, 6) is 0.353. The average Bonchev–Trinajstić information content (AvgIpc) is 3.48. The molecular weight excluding hydrogens is 368 g/mol. The van der Waals surface area contributed by atoms with E-state index in [1.54, 1.807) is 0 Å². The number of nitrogens with zero attached hydrogens (tertiary/aromatic N) is 3. The standard InChI is InChI=1S/C22H22N4OS/c1-15-6-5-7-17(12-15)26-19-9-4-3-8-18(19)24-21(26)28-13-20(27)25-22(2,14-23)16-10-11-16/h3-9,12,16H,10-11,13H2,1-2H3,(H,25,27)/t22-/m1/s1. The Labute approximate surface area is 168 Å². The van der Waals surface area contributed by atoms with Gasteiger partial charge in [-0.05, 0) is 62.4 Å². The molecule has 0 unspecified atom stereocenters. The molecule has 142 valence electrons. The molecular formula is C22H22N4OS. The van der Waals surface area contributed by atoms with Crippen LogP contribution < -0.4 is 5.32 Å². The van der Waals surface area contributed by atoms with Gasteiger partial charge < -0.3 is 5.32 Å². The lowest BCUT2D eigenvalue weighted by Crippen LogP contribution is -2.47. The second-order valence-electron chi connectivity index (χ2n) is 7.48. The first-order chi connectivity index (χ1) is 13.5. The zero-order valence-electron chi connectivity index (χ0n) is 16.0. The molecule has 0 spiro atoms. The highest BCUT2D eigenvalue weighted by atomic mass is 32.2. The molecule has 1 heterocycles. The maximum absolute atomic E-state index is 12.5. The highest BCUT2D eigenvalue weighted by molar-refractivity contribution is 7.99. The Bertz CT molecular complexity index is 1080. The summed E-state index contributed by atoms with van der Waals surface area (Å²) in [6.07, 6.45) is 2.00. The molecule has 1 aromatic heterocycles. The Morgan fingerprint density at radius 1 is 1.32 bits per heavy atom. The van der Waals surface area contributed by atoms with Gasteiger partial charge in [0.05, 0.1) is 22.9 Å². The SMILES string of the molecule is Cc1cccc(-n2c(SCC(=O)N[C@](C)(C#N)C3CC3)nc3ccccc32)c1. The molecule has 0 bridgehead atoms. The molecule has 1 atom stereocenters. The van der Waals surface area contributed by atoms with Gasteiger partial charge in [-0.2, -0.15) is 5.26 Å². The highest BCUT2D eigenvalue weighted by Gasteiger charge is 2.42. The lowest BCUT2D eigenvalue weighted by molar-refractivity contribution is -0.119. The van der Waals surface area contributed by atoms with Crippen LogP contribution in [0.2, 0.25) is 0 Å². The number of rotatable bonds is 6. The second kappa shape index (κ2) is 7.33. The number of benzene rings is 2. The van der Waals surface area contributed by atoms with Crippen molar-refractivity contribution >= 4 is 28.7 Å². The minimum Gasteiger partial charge on any atom is -0.337 e. The Kier molecular flexibility index (Phi) is 4.86. The third-order valence-electron chi connectivity index (χ3n) is 5.15. The zero-order valence-corrected chi connectivity index (χ0v) is 16.8. The number of imidazole rings is 1. The summed E-state index contributed by atoms with van der Waals surface area (Å²) in [6.45, 7) is 3.87. The number of hydrogen-bond acceptors (Lipinski definition) is 4. The first-order valence-electron chi connectivity index (χ1n) is 9.40. The van der Waals surface area contributed by atoms with Gasteiger partial charge in [0.1, 0.15) is 5.54 Å². The van der Waals surface area contributed by atoms with Crippen molar-refractivity contribution in [2.24, 2.45) is 5.92 Å². The molecule has 0 radical (unpaired) electrons. The number of carbonyl (C=O) groups excluding carboxylic acids is 1. The third kappa shape index (κ3) is 3.63. The lowest BCUT2D eigenvalue weighted by Gasteiger charge is -2.22. The van der Waals surface area contributed by atoms with Crippen LogP contribution in [0.25, 0.3) is 16.7 Å². The van der Waals surface area contributed by atoms with Crippen LogP contribution in [0.1, 0.15) is 25.3 Å². The van der Waals surface area contributed by atoms with Gasteiger partial charge in [0, 0.05) is 5.69 Å². The first kappa shape index (κ1) is 18.6. The normalized spacial score (nSPS) is 15.8. The van der Waals surface area contributed by atoms with E-state index in [1.165, 1.54) is 11.8 Å². The third-order valence-corrected chi connectivity index (χ3v) is 6.09. The van der Waals surface area contributed by atoms with Gasteiger partial charge in [0.15, 0.2) is 5.16 Å². The summed E-state index contributed by atoms with van der Waals surface area (Å²) < 4.78 is 2.09. The van der Waals surface area contributed by atoms with E-state index >= 15 is 0 Å². The maximum atomic E-state index is 12.5. The maximum Gasteiger partial charge on any atom is 0.231 e. The van der Waals surface area contributed by atoms with Crippen LogP contribution in [-0.4, -0.2) is 26.8 Å². The molecule has 1 saturated carbocycles. The van der Waals surface area contributed by atoms with Crippen LogP contribution in [0.4, 0.5) is 0 Å². The quantitative estimate of drug-likeness (QED) is 0.639. The number of aryl methyl sites for hydroxylation is 1. The number of thioether (sulfide) groups is 1. The predicted octanol–water partition coefficient (Wildman–Crippen LogP) is 4.23. The summed E-state index contributed by atoms with van der Waals surface area (Å²) in [5.41, 5.74) is 3.33. The Morgan fingerprint density at radius 2 is 2.11 bits per heavy atom. The van der Waals surface area contributed by atoms with E-state index in [4.69, 9.17) is 4.98 Å². The molecule has 6 heteroatoms. The van der Waals surface area contributed by atoms with Crippen molar-refractivity contribution in [2.75, 3.05) is 5.75 Å². The van der Waals surface area contributed by atoms with Crippen LogP contribution in [0, 0.1) is 24.2 Å². The number of nitrogens with one attached hydrogen (secondary N) is 1. The summed E-state index contributed by atoms with van der Waals surface area (Å²) in [4.78, 5) is 17.3. The van der Waals surface area contributed by atoms with E-state index in [9.17, 15) is 10.1 Å². The minimum atomic E-state index is -0.770. The molecule has 4 rings (SSSR count). The Balaban J connectivity index is 1.59. The van der Waals surface area contributed by atoms with Crippen LogP contribution in [0.5, 0.6) is 0 Å². The molecule has 1 aliphatic rings. The van der Waals surface area contributed by atoms with Gasteiger partial charge in [0.25, 0.3) is 0 Å². The van der Waals surface area contributed by atoms with Crippen molar-refractivity contribution in [3.05, 3.63) is 54.1 Å². The molecule has 0 saturated heterocycles. The predicted molar refractivity (Wildman–Crippen MR) is 111 cm³/mol. The van der Waals surface area contributed by atoms with Gasteiger partial charge >= 0.3 is 0 Å². The monoisotopic (exact) mass is 390 g/mol. The number of amides is 1. The van der Waals surface area contributed by atoms with Gasteiger partial charge in [0.2, 0.25) is 5.91 Å². The van der Waals surface area contributed by atoms with Gasteiger partial charge in [-0.25, -0.2) is 4.98 Å². The molecule has 1 fully saturated rings. The van der Waals surface area contributed by atoms with Crippen molar-refractivity contribution in [1.29, 1.82) is 5.26 Å². The van der Waals surface area contributed by atoms with Crippen molar-refractivity contribution in [2.45, 2.75) is 37.4 Å². The van der Waals surface area contributed by atoms with Crippen LogP contribution in [0.3, 0.4) is 0 Å². The second-order valence-corrected chi connectivity index (χ2v) is 8.43. The average molecular weight is 391 g/mol. The largest absolute Gasteiger partial charge is 0.337 e. The van der Waals surface area contributed by atoms with E-state index in [0.29, 0.717) is 0 Å². The van der Waals surface area contributed by atoms with E-state index in [2.05, 4.69) is 35.0 Å². The molecule has 0 aliphatic heterocycles. The number of fused-ring (bicyclic) bond motifs is 1. The Morgan fingerprint density at radius 3 is 2.82 bits per heavy atom. The molecule has 5 nitrogen and oxygen atoms in total. The first-order valence-corrected chi connectivity index (χ1v) is 10.4. The molecule has 1 N–H and O–H groups in total. The van der Waals surface area contributed by atoms with Crippen molar-refractivity contribution < 1.29 is 4.79 Å². The van der Waals surface area contributed by atoms with Crippen molar-refractivity contribution in [3.8, 4) is 11.8 Å². The summed E-state index contributed by atoms with van der Waals surface area (Å²) >= 11 is 1.40. The van der Waals surface area contributed by atoms with E-state index in [1.807, 2.05) is 43.3 Å². The summed E-state index contributed by atoms with van der Waals surface area (Å²) in [5, 5.41) is 13.1. The van der Waals surface area contributed by atoms with Crippen LogP contribution >= 0.6 is 11.8 Å². The number of nitriles is 1. The number of aromatic nitrogens is 2. The van der Waals surface area contributed by atoms with Crippen LogP contribution in [-0.2, 0) is 4.79 Å². The smallest absolute Gasteiger partial charge is 0.231 e. The molecule has 28 heavy (non-hydrogen) atoms. The van der Waals surface area contributed by atoms with Gasteiger partial charge in [-0.15, -0.1) is 0 Å². The topological polar surface area (TPSA) is 70.7 Å². The highest BCUT2D eigenvalue weighted by Crippen LogP contribution is 2.39. The Hall–Kier alpha value is -2.78. The van der Waals surface area contributed by atoms with Crippen molar-refractivity contribution in [3.63, 3.8) is 0 Å². The minimum absolute atomic E-state index is 0.135. The molecule has 1 aliphatic carbocycles. The van der Waals surface area contributed by atoms with E-state index in [0.717, 1.165) is 40.3 Å². The van der Waals surface area contributed by atoms with Crippen molar-refractivity contribution in [1.82, 2.24) is 14.9 Å². The number of carbonyl (C=O) groups is 1. The molecule has 1 amide bonds. The van der Waals surface area contributed by atoms with Gasteiger partial charge in [-0.3, -0.25) is 9.36 Å². The fourth-order valence-corrected chi connectivity index (χ4v) is 4.28. The fourth-order valence-electron chi connectivity index (χ4n) is 3.46. The number of para-hydroxylation sites is 2. The zero-order chi connectivity index (χ0) is 19.7. The van der Waals surface area contributed by atoms with E-state index < -0.39 is 5.54 Å². The molecule has 2 aromatic carbocycles. The van der Waals surface area contributed by atoms with Crippen LogP contribution in [0.15, 0.2) is 53.7 Å². The van der Waals surface area contributed by atoms with Gasteiger partial charge in [-0.1, -0.05) is 36.0 Å². The lowest BCUT2D eigenvalue weighted by atomic mass is 9.98. The number of hydrogen-bond donors (Lipinski definition) is 1. The van der Waals surface area contributed by atoms with E-state index in [-0.39, 0.29) is 17.6 Å². The summed E-state index contributed by atoms with van der Waals surface area (Å²) in [6, 6.07) is 18.5. The summed E-state index contributed by atoms with van der Waals surface area (Å²) in [7, 11) is 0. The molecule has 3 aromatic rings.